The summed E-state index contributed by atoms with van der Waals surface area (Å²) in [5, 5.41) is 10.9. The summed E-state index contributed by atoms with van der Waals surface area (Å²) >= 11 is 0. The number of imidazole rings is 1. The van der Waals surface area contributed by atoms with Gasteiger partial charge in [0.1, 0.15) is 0 Å². The molecule has 1 heterocycles. The smallest absolute Gasteiger partial charge is 0.328 e. The lowest BCUT2D eigenvalue weighted by atomic mass is 10.3. The molecule has 1 rings (SSSR count). The lowest BCUT2D eigenvalue weighted by Crippen LogP contribution is -2.28. The molecule has 7 heteroatoms. The molecule has 0 bridgehead atoms. The number of nitrogens with zero attached hydrogens (tertiary/aromatic N) is 2. The van der Waals surface area contributed by atoms with Crippen LogP contribution in [0.5, 0.6) is 0 Å². The minimum absolute atomic E-state index is 0.0272. The Kier molecular flexibility index (Phi) is 2.70. The average Bonchev–Trinajstić information content (AvgIpc) is 2.45. The number of nitrogens with one attached hydrogen (secondary N) is 1. The first-order chi connectivity index (χ1) is 6.56. The van der Waals surface area contributed by atoms with Crippen LogP contribution in [-0.4, -0.2) is 33.7 Å². The second kappa shape index (κ2) is 3.77. The molecule has 0 aliphatic heterocycles. The fraction of sp³-hybridized carbons (Fsp3) is 0.286. The molecule has 0 saturated carbocycles. The van der Waals surface area contributed by atoms with E-state index in [1.165, 1.54) is 13.2 Å². The quantitative estimate of drug-likeness (QED) is 0.580. The Labute approximate surface area is 79.5 Å². The van der Waals surface area contributed by atoms with E-state index < -0.39 is 12.0 Å². The zero-order chi connectivity index (χ0) is 10.7. The largest absolute Gasteiger partial charge is 0.481 e. The van der Waals surface area contributed by atoms with Crippen molar-refractivity contribution in [3.05, 3.63) is 11.9 Å². The van der Waals surface area contributed by atoms with E-state index in [-0.39, 0.29) is 18.1 Å². The van der Waals surface area contributed by atoms with Gasteiger partial charge in [-0.2, -0.15) is 0 Å². The molecule has 7 nitrogen and oxygen atoms in total. The van der Waals surface area contributed by atoms with E-state index >= 15 is 0 Å². The van der Waals surface area contributed by atoms with Gasteiger partial charge in [-0.3, -0.25) is 4.79 Å². The second-order valence-electron chi connectivity index (χ2n) is 2.57. The normalized spacial score (nSPS) is 9.79. The van der Waals surface area contributed by atoms with E-state index in [2.05, 4.69) is 10.3 Å². The fourth-order valence-corrected chi connectivity index (χ4v) is 1.03. The zero-order valence-electron chi connectivity index (χ0n) is 7.52. The maximum absolute atomic E-state index is 11.2. The Hall–Kier alpha value is -2.05. The van der Waals surface area contributed by atoms with Crippen LogP contribution in [0.25, 0.3) is 0 Å². The molecule has 0 atom stereocenters. The summed E-state index contributed by atoms with van der Waals surface area (Å²) in [6.45, 7) is 0. The first-order valence-corrected chi connectivity index (χ1v) is 3.82. The van der Waals surface area contributed by atoms with Crippen molar-refractivity contribution in [1.29, 1.82) is 0 Å². The van der Waals surface area contributed by atoms with Crippen LogP contribution in [0.4, 0.5) is 10.7 Å². The Morgan fingerprint density at radius 3 is 2.86 bits per heavy atom. The van der Waals surface area contributed by atoms with Gasteiger partial charge in [0.15, 0.2) is 0 Å². The zero-order valence-corrected chi connectivity index (χ0v) is 7.52. The molecular formula is C7H10N4O3. The summed E-state index contributed by atoms with van der Waals surface area (Å²) < 4.78 is 1.02. The van der Waals surface area contributed by atoms with Gasteiger partial charge in [-0.05, 0) is 0 Å². The molecule has 1 amide bonds. The number of carboxylic acid groups (broad SMARTS) is 1. The van der Waals surface area contributed by atoms with E-state index in [9.17, 15) is 9.59 Å². The molecule has 0 saturated heterocycles. The first-order valence-electron chi connectivity index (χ1n) is 3.82. The predicted octanol–water partition coefficient (Wildman–Crippen LogP) is -0.720. The summed E-state index contributed by atoms with van der Waals surface area (Å²) in [6.07, 6.45) is 0.969. The van der Waals surface area contributed by atoms with Gasteiger partial charge in [0.2, 0.25) is 5.95 Å². The van der Waals surface area contributed by atoms with E-state index in [0.29, 0.717) is 0 Å². The van der Waals surface area contributed by atoms with Crippen molar-refractivity contribution in [3.8, 4) is 0 Å². The maximum atomic E-state index is 11.2. The lowest BCUT2D eigenvalue weighted by molar-refractivity contribution is -0.136. The van der Waals surface area contributed by atoms with Gasteiger partial charge in [0, 0.05) is 7.05 Å². The van der Waals surface area contributed by atoms with Gasteiger partial charge in [-0.1, -0.05) is 0 Å². The molecule has 1 aromatic rings. The molecule has 0 unspecified atom stereocenters. The van der Waals surface area contributed by atoms with Gasteiger partial charge in [-0.15, -0.1) is 0 Å². The number of carbonyl (C=O) groups is 2. The number of hydrogen-bond acceptors (Lipinski definition) is 4. The molecule has 0 aliphatic carbocycles. The third kappa shape index (κ3) is 1.82. The average molecular weight is 198 g/mol. The van der Waals surface area contributed by atoms with Crippen LogP contribution in [0.2, 0.25) is 0 Å². The third-order valence-corrected chi connectivity index (χ3v) is 1.61. The van der Waals surface area contributed by atoms with Crippen LogP contribution in [0, 0.1) is 0 Å². The molecule has 4 N–H and O–H groups in total. The van der Waals surface area contributed by atoms with E-state index in [1.807, 2.05) is 0 Å². The van der Waals surface area contributed by atoms with Crippen LogP contribution >= 0.6 is 0 Å². The number of aliphatic carboxylic acids is 1. The van der Waals surface area contributed by atoms with Gasteiger partial charge < -0.3 is 16.2 Å². The highest BCUT2D eigenvalue weighted by atomic mass is 16.4. The van der Waals surface area contributed by atoms with Crippen molar-refractivity contribution in [3.63, 3.8) is 0 Å². The van der Waals surface area contributed by atoms with Crippen molar-refractivity contribution in [2.75, 3.05) is 12.8 Å². The molecule has 1 aromatic heterocycles. The molecule has 0 spiro atoms. The summed E-state index contributed by atoms with van der Waals surface area (Å²) in [5.74, 6) is -1.07. The number of anilines is 1. The molecule has 76 valence electrons. The second-order valence-corrected chi connectivity index (χ2v) is 2.57. The minimum Gasteiger partial charge on any atom is -0.481 e. The highest BCUT2D eigenvalue weighted by molar-refractivity contribution is 5.81. The number of rotatable bonds is 2. The summed E-state index contributed by atoms with van der Waals surface area (Å²) in [7, 11) is 1.42. The van der Waals surface area contributed by atoms with Crippen LogP contribution in [0.15, 0.2) is 6.20 Å². The minimum atomic E-state index is -1.05. The lowest BCUT2D eigenvalue weighted by Gasteiger charge is -2.05. The number of aromatic nitrogens is 2. The molecule has 0 aliphatic rings. The van der Waals surface area contributed by atoms with Crippen LogP contribution in [0.3, 0.4) is 0 Å². The van der Waals surface area contributed by atoms with Gasteiger partial charge in [0.05, 0.1) is 18.3 Å². The molecule has 0 aromatic carbocycles. The van der Waals surface area contributed by atoms with Crippen molar-refractivity contribution in [2.24, 2.45) is 0 Å². The molecular weight excluding hydrogens is 188 g/mol. The number of nitrogen functional groups attached to an aromatic ring is 1. The Morgan fingerprint density at radius 1 is 1.71 bits per heavy atom. The van der Waals surface area contributed by atoms with Crippen LogP contribution in [-0.2, 0) is 11.2 Å². The molecule has 0 radical (unpaired) electrons. The SMILES string of the molecule is CNC(=O)n1c(CC(=O)O)cnc1N. The van der Waals surface area contributed by atoms with E-state index in [1.54, 1.807) is 0 Å². The summed E-state index contributed by atoms with van der Waals surface area (Å²) in [4.78, 5) is 25.3. The number of amides is 1. The standard InChI is InChI=1S/C7H10N4O3/c1-9-7(14)11-4(2-5(12)13)3-10-6(11)8/h3H,2H2,1H3,(H2,8,10)(H,9,14)(H,12,13). The predicted molar refractivity (Wildman–Crippen MR) is 47.8 cm³/mol. The Bertz CT molecular complexity index is 371. The van der Waals surface area contributed by atoms with E-state index in [0.717, 1.165) is 4.57 Å². The Balaban J connectivity index is 3.05. The van der Waals surface area contributed by atoms with Gasteiger partial charge in [-0.25, -0.2) is 14.3 Å². The van der Waals surface area contributed by atoms with Gasteiger partial charge in [0.25, 0.3) is 0 Å². The summed E-state index contributed by atoms with van der Waals surface area (Å²) in [5.41, 5.74) is 5.64. The number of carboxylic acids is 1. The van der Waals surface area contributed by atoms with Crippen LogP contribution < -0.4 is 11.1 Å². The topological polar surface area (TPSA) is 110 Å². The fourth-order valence-electron chi connectivity index (χ4n) is 1.03. The maximum Gasteiger partial charge on any atom is 0.328 e. The molecule has 0 fully saturated rings. The third-order valence-electron chi connectivity index (χ3n) is 1.61. The summed E-state index contributed by atoms with van der Waals surface area (Å²) in [6, 6.07) is -0.503. The monoisotopic (exact) mass is 198 g/mol. The Morgan fingerprint density at radius 2 is 2.36 bits per heavy atom. The van der Waals surface area contributed by atoms with Crippen molar-refractivity contribution < 1.29 is 14.7 Å². The highest BCUT2D eigenvalue weighted by Gasteiger charge is 2.15. The number of nitrogens with two attached hydrogens (primary N) is 1. The van der Waals surface area contributed by atoms with Crippen molar-refractivity contribution >= 4 is 17.9 Å². The molecule has 14 heavy (non-hydrogen) atoms. The number of carbonyl (C=O) groups excluding carboxylic acids is 1. The van der Waals surface area contributed by atoms with Crippen molar-refractivity contribution in [2.45, 2.75) is 6.42 Å². The van der Waals surface area contributed by atoms with Crippen molar-refractivity contribution in [1.82, 2.24) is 14.9 Å². The number of hydrogen-bond donors (Lipinski definition) is 3. The first kappa shape index (κ1) is 10.0. The van der Waals surface area contributed by atoms with Gasteiger partial charge >= 0.3 is 12.0 Å². The van der Waals surface area contributed by atoms with Crippen LogP contribution in [0.1, 0.15) is 5.69 Å². The van der Waals surface area contributed by atoms with E-state index in [4.69, 9.17) is 10.8 Å². The highest BCUT2D eigenvalue weighted by Crippen LogP contribution is 2.07.